The van der Waals surface area contributed by atoms with Crippen LogP contribution in [0.4, 0.5) is 69.3 Å². The number of halogens is 1. The SMILES string of the molecule is Clc1nc(N2c3ccccc3C3(c4ccccc42)C2CC4CC(C2)CC3C4)nc(N2c3ccccc3C3(c4ccccc42)C2CC4CC(C2)CC3C4)n1.c1ccc2c(c1)Cc1ccccc1-2.c1ccc2c(c1)N(c1nc(N3c4ccccc4C4(c5ccccc53)C3CC5CC(C3)CC4C5)nc(-n3c4ccccc4c4ccccc43)n1)c1ccccc1C21C2CC3CC(C2)CC1C3. The molecule has 16 fully saturated rings. The smallest absolute Gasteiger partial charge is 0.241 e. The lowest BCUT2D eigenvalue weighted by molar-refractivity contribution is -0.0420. The van der Waals surface area contributed by atoms with Gasteiger partial charge in [-0.1, -0.05) is 231 Å². The molecular formula is C119H106ClN11. The summed E-state index contributed by atoms with van der Waals surface area (Å²) < 4.78 is 2.29. The molecule has 36 rings (SSSR count). The van der Waals surface area contributed by atoms with Crippen LogP contribution in [-0.2, 0) is 28.1 Å². The number of aromatic nitrogens is 7. The van der Waals surface area contributed by atoms with Gasteiger partial charge in [0, 0.05) is 32.4 Å². The van der Waals surface area contributed by atoms with Crippen LogP contribution in [0.5, 0.6) is 0 Å². The van der Waals surface area contributed by atoms with E-state index in [1.807, 2.05) is 0 Å². The third-order valence-electron chi connectivity index (χ3n) is 37.9. The summed E-state index contributed by atoms with van der Waals surface area (Å²) in [6, 6.07) is 109. The van der Waals surface area contributed by atoms with Gasteiger partial charge in [0.2, 0.25) is 35.0 Å². The van der Waals surface area contributed by atoms with Gasteiger partial charge < -0.3 is 0 Å². The summed E-state index contributed by atoms with van der Waals surface area (Å²) in [6.45, 7) is 0. The fourth-order valence-electron chi connectivity index (χ4n) is 34.7. The Hall–Kier alpha value is -12.1. The average molecular weight is 1730 g/mol. The second-order valence-electron chi connectivity index (χ2n) is 43.5. The van der Waals surface area contributed by atoms with Crippen molar-refractivity contribution in [3.63, 3.8) is 0 Å². The first-order valence-electron chi connectivity index (χ1n) is 50.0. The van der Waals surface area contributed by atoms with E-state index in [-0.39, 0.29) is 26.9 Å². The van der Waals surface area contributed by atoms with Crippen molar-refractivity contribution < 1.29 is 0 Å². The first kappa shape index (κ1) is 75.6. The Morgan fingerprint density at radius 3 is 0.656 bits per heavy atom. The minimum Gasteiger partial charge on any atom is -0.278 e. The standard InChI is InChI=1S/C59H52N6.C47H44ClN5.C13H10/c1-7-19-49-43(13-1)44-14-2-8-20-50(44)63(49)55-60-56(64-51-21-9-3-15-45(51)58(46-16-4-10-22-52(46)64)39-27-35-25-36(29-39)30-40(58)28-35)62-57(61-55)65-53-23-11-5-17-47(53)59(48-18-6-12-24-54(48)65)41-31-37-26-38(33-41)34-42(59)32-37;48-43-49-44(52-39-13-5-1-9-35(39)46(36-10-2-6-14-40(36)52)31-19-27-17-28(21-31)22-32(46)20-27)51-45(50-43)53-41-15-7-3-11-37(41)47(38-12-4-8-16-42(38)53)33-23-29-18-30(25-33)26-34(47)24-29;1-3-7-12-10(5-1)9-11-6-2-4-8-13(11)12/h1-24,35-42H,25-34H2;1-16,27-34H,17-26H2;1-8H,9H2. The van der Waals surface area contributed by atoms with E-state index in [1.165, 1.54) is 251 Å². The van der Waals surface area contributed by atoms with Crippen LogP contribution < -0.4 is 19.6 Å². The van der Waals surface area contributed by atoms with Crippen LogP contribution >= 0.6 is 11.6 Å². The number of anilines is 12. The second kappa shape index (κ2) is 28.0. The monoisotopic (exact) mass is 1720 g/mol. The van der Waals surface area contributed by atoms with Crippen LogP contribution in [0.2, 0.25) is 5.28 Å². The molecule has 12 heteroatoms. The third kappa shape index (κ3) is 10.3. The second-order valence-corrected chi connectivity index (χ2v) is 43.8. The molecule has 16 saturated carbocycles. The zero-order chi connectivity index (χ0) is 85.5. The average Bonchev–Trinajstić information content (AvgIpc) is 1.41. The summed E-state index contributed by atoms with van der Waals surface area (Å²) in [5.74, 6) is 15.4. The van der Waals surface area contributed by atoms with Gasteiger partial charge in [-0.25, -0.2) is 0 Å². The predicted octanol–water partition coefficient (Wildman–Crippen LogP) is 28.9. The minimum absolute atomic E-state index is 0.0135. The first-order chi connectivity index (χ1) is 64.7. The normalized spacial score (nSPS) is 28.6. The molecule has 131 heavy (non-hydrogen) atoms. The molecule has 12 aromatic carbocycles. The maximum Gasteiger partial charge on any atom is 0.241 e. The molecule has 3 aromatic heterocycles. The fraction of sp³-hybridized carbons (Fsp3) is 0.345. The zero-order valence-corrected chi connectivity index (χ0v) is 74.9. The molecule has 0 N–H and O–H groups in total. The molecule has 0 unspecified atom stereocenters. The van der Waals surface area contributed by atoms with Gasteiger partial charge in [0.1, 0.15) is 0 Å². The lowest BCUT2D eigenvalue weighted by Crippen LogP contribution is -2.57. The summed E-state index contributed by atoms with van der Waals surface area (Å²) in [7, 11) is 0. The Morgan fingerprint density at radius 2 is 0.405 bits per heavy atom. The molecular weight excluding hydrogens is 1620 g/mol. The van der Waals surface area contributed by atoms with Gasteiger partial charge in [0.15, 0.2) is 0 Å². The van der Waals surface area contributed by atoms with Crippen molar-refractivity contribution in [2.24, 2.45) is 94.7 Å². The van der Waals surface area contributed by atoms with Crippen molar-refractivity contribution in [2.75, 3.05) is 19.6 Å². The largest absolute Gasteiger partial charge is 0.278 e. The van der Waals surface area contributed by atoms with Crippen molar-refractivity contribution in [3.05, 3.63) is 352 Å². The lowest BCUT2D eigenvalue weighted by Gasteiger charge is -2.64. The van der Waals surface area contributed by atoms with E-state index in [0.29, 0.717) is 77.1 Å². The van der Waals surface area contributed by atoms with Crippen LogP contribution in [0.3, 0.4) is 0 Å². The van der Waals surface area contributed by atoms with E-state index in [0.717, 1.165) is 64.8 Å². The molecule has 21 aliphatic rings. The maximum absolute atomic E-state index is 7.06. The topological polar surface area (TPSA) is 95.2 Å². The van der Waals surface area contributed by atoms with E-state index in [1.54, 1.807) is 0 Å². The Bertz CT molecular complexity index is 6560. The Balaban J connectivity index is 0.000000112. The summed E-state index contributed by atoms with van der Waals surface area (Å²) in [4.78, 5) is 42.1. The molecule has 0 amide bonds. The van der Waals surface area contributed by atoms with Gasteiger partial charge in [-0.05, 0) is 369 Å². The van der Waals surface area contributed by atoms with Crippen LogP contribution in [-0.4, -0.2) is 34.5 Å². The quantitative estimate of drug-likeness (QED) is 0.166. The molecule has 0 atom stereocenters. The van der Waals surface area contributed by atoms with E-state index in [9.17, 15) is 0 Å². The summed E-state index contributed by atoms with van der Waals surface area (Å²) in [6.07, 6.45) is 28.3. The summed E-state index contributed by atoms with van der Waals surface area (Å²) in [5.41, 5.74) is 29.2. The molecule has 7 heterocycles. The van der Waals surface area contributed by atoms with E-state index in [2.05, 4.69) is 315 Å². The molecule has 16 bridgehead atoms. The number of hydrogen-bond acceptors (Lipinski definition) is 10. The van der Waals surface area contributed by atoms with Crippen molar-refractivity contribution in [2.45, 2.75) is 156 Å². The number of fused-ring (bicyclic) bond motifs is 14. The van der Waals surface area contributed by atoms with Gasteiger partial charge in [-0.2, -0.15) is 29.9 Å². The van der Waals surface area contributed by atoms with Gasteiger partial charge in [0.05, 0.1) is 56.5 Å². The first-order valence-corrected chi connectivity index (χ1v) is 50.4. The van der Waals surface area contributed by atoms with Crippen molar-refractivity contribution >= 4 is 103 Å². The molecule has 15 aromatic rings. The van der Waals surface area contributed by atoms with Crippen molar-refractivity contribution in [1.29, 1.82) is 0 Å². The van der Waals surface area contributed by atoms with Crippen molar-refractivity contribution in [3.8, 4) is 17.1 Å². The van der Waals surface area contributed by atoms with Gasteiger partial charge in [0.25, 0.3) is 0 Å². The van der Waals surface area contributed by atoms with Gasteiger partial charge in [-0.15, -0.1) is 0 Å². The zero-order valence-electron chi connectivity index (χ0n) is 74.1. The summed E-state index contributed by atoms with van der Waals surface area (Å²) in [5, 5.41) is 2.61. The molecule has 11 nitrogen and oxygen atoms in total. The Kier molecular flexibility index (Phi) is 16.2. The molecule has 0 saturated heterocycles. The highest BCUT2D eigenvalue weighted by molar-refractivity contribution is 6.28. The maximum atomic E-state index is 7.06. The van der Waals surface area contributed by atoms with Crippen LogP contribution in [0.1, 0.15) is 184 Å². The van der Waals surface area contributed by atoms with Crippen LogP contribution in [0, 0.1) is 94.7 Å². The Labute approximate surface area is 771 Å². The van der Waals surface area contributed by atoms with Crippen molar-refractivity contribution in [1.82, 2.24) is 34.5 Å². The number of para-hydroxylation sites is 10. The highest BCUT2D eigenvalue weighted by Gasteiger charge is 2.67. The number of benzene rings is 12. The number of hydrogen-bond donors (Lipinski definition) is 0. The highest BCUT2D eigenvalue weighted by atomic mass is 35.5. The fourth-order valence-corrected chi connectivity index (χ4v) is 34.9. The highest BCUT2D eigenvalue weighted by Crippen LogP contribution is 2.75. The molecule has 644 valence electrons. The molecule has 4 aliphatic heterocycles. The number of rotatable bonds is 5. The van der Waals surface area contributed by atoms with Crippen LogP contribution in [0.15, 0.2) is 291 Å². The van der Waals surface area contributed by atoms with Gasteiger partial charge >= 0.3 is 0 Å². The number of nitrogens with zero attached hydrogens (tertiary/aromatic N) is 11. The summed E-state index contributed by atoms with van der Waals surface area (Å²) >= 11 is 7.06. The minimum atomic E-state index is -0.0135. The van der Waals surface area contributed by atoms with Gasteiger partial charge in [-0.3, -0.25) is 24.2 Å². The Morgan fingerprint density at radius 1 is 0.206 bits per heavy atom. The van der Waals surface area contributed by atoms with E-state index >= 15 is 0 Å². The lowest BCUT2D eigenvalue weighted by atomic mass is 9.41. The van der Waals surface area contributed by atoms with Crippen LogP contribution in [0.25, 0.3) is 38.9 Å². The molecule has 0 radical (unpaired) electrons. The predicted molar refractivity (Wildman–Crippen MR) is 524 cm³/mol. The third-order valence-corrected chi connectivity index (χ3v) is 38.1. The van der Waals surface area contributed by atoms with E-state index < -0.39 is 0 Å². The van der Waals surface area contributed by atoms with E-state index in [4.69, 9.17) is 41.5 Å². The molecule has 17 aliphatic carbocycles. The molecule has 4 spiro atoms.